The molecule has 1 unspecified atom stereocenters. The molecule has 1 atom stereocenters. The highest BCUT2D eigenvalue weighted by Gasteiger charge is 2.23. The summed E-state index contributed by atoms with van der Waals surface area (Å²) in [5, 5.41) is 9.55. The van der Waals surface area contributed by atoms with E-state index in [9.17, 15) is 9.59 Å². The average molecular weight is 228 g/mol. The standard InChI is InChI=1S/C11H20N2O3/c1-11(2,3)16-10(15)9(13-4)6-5-8(14)7-12/h7,9,12-13H,5-6H2,1-4H3. The van der Waals surface area contributed by atoms with Crippen LogP contribution < -0.4 is 5.32 Å². The molecule has 0 rings (SSSR count). The molecule has 0 aliphatic rings. The van der Waals surface area contributed by atoms with Crippen molar-refractivity contribution in [2.75, 3.05) is 7.05 Å². The topological polar surface area (TPSA) is 79.3 Å². The van der Waals surface area contributed by atoms with E-state index >= 15 is 0 Å². The van der Waals surface area contributed by atoms with Crippen LogP contribution in [0.5, 0.6) is 0 Å². The highest BCUT2D eigenvalue weighted by Crippen LogP contribution is 2.10. The second kappa shape index (κ2) is 6.37. The largest absolute Gasteiger partial charge is 0.459 e. The smallest absolute Gasteiger partial charge is 0.323 e. The van der Waals surface area contributed by atoms with E-state index < -0.39 is 11.6 Å². The second-order valence-corrected chi connectivity index (χ2v) is 4.52. The third kappa shape index (κ3) is 6.29. The van der Waals surface area contributed by atoms with Gasteiger partial charge in [-0.3, -0.25) is 9.59 Å². The number of nitrogens with one attached hydrogen (secondary N) is 2. The van der Waals surface area contributed by atoms with Crippen LogP contribution in [0.15, 0.2) is 0 Å². The Morgan fingerprint density at radius 1 is 1.44 bits per heavy atom. The van der Waals surface area contributed by atoms with Crippen LogP contribution in [0.2, 0.25) is 0 Å². The van der Waals surface area contributed by atoms with Gasteiger partial charge in [-0.1, -0.05) is 0 Å². The zero-order valence-corrected chi connectivity index (χ0v) is 10.3. The van der Waals surface area contributed by atoms with Gasteiger partial charge in [0.2, 0.25) is 0 Å². The number of Topliss-reactive ketones (excluding diaryl/α,β-unsaturated/α-hetero) is 1. The van der Waals surface area contributed by atoms with Gasteiger partial charge in [-0.25, -0.2) is 0 Å². The highest BCUT2D eigenvalue weighted by molar-refractivity contribution is 6.26. The van der Waals surface area contributed by atoms with Crippen molar-refractivity contribution in [2.24, 2.45) is 0 Å². The monoisotopic (exact) mass is 228 g/mol. The summed E-state index contributed by atoms with van der Waals surface area (Å²) in [4.78, 5) is 22.6. The Morgan fingerprint density at radius 2 is 2.00 bits per heavy atom. The Bertz CT molecular complexity index is 269. The predicted molar refractivity (Wildman–Crippen MR) is 61.7 cm³/mol. The van der Waals surface area contributed by atoms with Gasteiger partial charge in [0.25, 0.3) is 0 Å². The number of hydrogen-bond acceptors (Lipinski definition) is 5. The molecule has 0 saturated carbocycles. The van der Waals surface area contributed by atoms with Crippen molar-refractivity contribution < 1.29 is 14.3 Å². The van der Waals surface area contributed by atoms with Gasteiger partial charge in [-0.15, -0.1) is 0 Å². The number of carbonyl (C=O) groups excluding carboxylic acids is 2. The molecule has 0 aromatic rings. The normalized spacial score (nSPS) is 13.0. The van der Waals surface area contributed by atoms with Crippen LogP contribution in [0.4, 0.5) is 0 Å². The Kier molecular flexibility index (Phi) is 5.88. The van der Waals surface area contributed by atoms with Crippen molar-refractivity contribution in [2.45, 2.75) is 45.3 Å². The Labute approximate surface area is 96.1 Å². The number of ether oxygens (including phenoxy) is 1. The molecule has 0 amide bonds. The molecular weight excluding hydrogens is 208 g/mol. The van der Waals surface area contributed by atoms with E-state index in [0.29, 0.717) is 6.42 Å². The summed E-state index contributed by atoms with van der Waals surface area (Å²) in [5.41, 5.74) is -0.530. The number of rotatable bonds is 6. The SMILES string of the molecule is CNC(CCC(=O)C=N)C(=O)OC(C)(C)C. The number of carbonyl (C=O) groups is 2. The van der Waals surface area contributed by atoms with E-state index in [0.717, 1.165) is 6.21 Å². The molecule has 0 heterocycles. The Balaban J connectivity index is 4.22. The molecule has 0 radical (unpaired) electrons. The third-order valence-corrected chi connectivity index (χ3v) is 1.88. The summed E-state index contributed by atoms with van der Waals surface area (Å²) in [6.45, 7) is 5.38. The molecular formula is C11H20N2O3. The molecule has 0 aromatic carbocycles. The zero-order valence-electron chi connectivity index (χ0n) is 10.3. The molecule has 2 N–H and O–H groups in total. The first kappa shape index (κ1) is 14.8. The maximum absolute atomic E-state index is 11.6. The van der Waals surface area contributed by atoms with Gasteiger partial charge < -0.3 is 15.5 Å². The average Bonchev–Trinajstić information content (AvgIpc) is 2.15. The number of hydrogen-bond donors (Lipinski definition) is 2. The predicted octanol–water partition coefficient (Wildman–Crippen LogP) is 0.915. The number of likely N-dealkylation sites (N-methyl/N-ethyl adjacent to an activating group) is 1. The molecule has 5 nitrogen and oxygen atoms in total. The molecule has 16 heavy (non-hydrogen) atoms. The van der Waals surface area contributed by atoms with Crippen LogP contribution in [0, 0.1) is 5.41 Å². The fourth-order valence-corrected chi connectivity index (χ4v) is 1.11. The van der Waals surface area contributed by atoms with Crippen molar-refractivity contribution in [1.29, 1.82) is 5.41 Å². The first-order chi connectivity index (χ1) is 7.30. The van der Waals surface area contributed by atoms with Gasteiger partial charge in [0.15, 0.2) is 5.78 Å². The van der Waals surface area contributed by atoms with Gasteiger partial charge in [-0.05, 0) is 34.2 Å². The molecule has 5 heteroatoms. The Hall–Kier alpha value is -1.23. The summed E-state index contributed by atoms with van der Waals surface area (Å²) in [5.74, 6) is -0.656. The van der Waals surface area contributed by atoms with Gasteiger partial charge in [-0.2, -0.15) is 0 Å². The maximum Gasteiger partial charge on any atom is 0.323 e. The molecule has 92 valence electrons. The summed E-state index contributed by atoms with van der Waals surface area (Å²) < 4.78 is 5.19. The van der Waals surface area contributed by atoms with Crippen molar-refractivity contribution in [3.63, 3.8) is 0 Å². The van der Waals surface area contributed by atoms with Crippen molar-refractivity contribution in [3.05, 3.63) is 0 Å². The summed E-state index contributed by atoms with van der Waals surface area (Å²) in [6, 6.07) is -0.497. The summed E-state index contributed by atoms with van der Waals surface area (Å²) in [7, 11) is 1.64. The van der Waals surface area contributed by atoms with E-state index in [-0.39, 0.29) is 18.2 Å². The molecule has 0 aliphatic carbocycles. The van der Waals surface area contributed by atoms with Crippen molar-refractivity contribution in [1.82, 2.24) is 5.32 Å². The minimum atomic E-state index is -0.530. The van der Waals surface area contributed by atoms with E-state index in [4.69, 9.17) is 10.1 Å². The minimum Gasteiger partial charge on any atom is -0.459 e. The minimum absolute atomic E-state index is 0.175. The van der Waals surface area contributed by atoms with Gasteiger partial charge in [0.05, 0.1) is 6.21 Å². The van der Waals surface area contributed by atoms with E-state index in [1.165, 1.54) is 0 Å². The zero-order chi connectivity index (χ0) is 12.8. The van der Waals surface area contributed by atoms with E-state index in [1.54, 1.807) is 27.8 Å². The fourth-order valence-electron chi connectivity index (χ4n) is 1.11. The first-order valence-corrected chi connectivity index (χ1v) is 5.23. The quantitative estimate of drug-likeness (QED) is 0.523. The molecule has 0 spiro atoms. The lowest BCUT2D eigenvalue weighted by molar-refractivity contribution is -0.157. The maximum atomic E-state index is 11.6. The first-order valence-electron chi connectivity index (χ1n) is 5.23. The van der Waals surface area contributed by atoms with Crippen LogP contribution in [0.25, 0.3) is 0 Å². The lowest BCUT2D eigenvalue weighted by Crippen LogP contribution is -2.39. The number of ketones is 1. The van der Waals surface area contributed by atoms with Crippen molar-refractivity contribution in [3.8, 4) is 0 Å². The van der Waals surface area contributed by atoms with Crippen LogP contribution in [0.3, 0.4) is 0 Å². The lowest BCUT2D eigenvalue weighted by atomic mass is 10.1. The van der Waals surface area contributed by atoms with Crippen LogP contribution >= 0.6 is 0 Å². The lowest BCUT2D eigenvalue weighted by Gasteiger charge is -2.23. The van der Waals surface area contributed by atoms with Gasteiger partial charge in [0, 0.05) is 6.42 Å². The highest BCUT2D eigenvalue weighted by atomic mass is 16.6. The van der Waals surface area contributed by atoms with Crippen molar-refractivity contribution >= 4 is 18.0 Å². The third-order valence-electron chi connectivity index (χ3n) is 1.88. The van der Waals surface area contributed by atoms with Gasteiger partial charge >= 0.3 is 5.97 Å². The second-order valence-electron chi connectivity index (χ2n) is 4.52. The molecule has 0 aromatic heterocycles. The Morgan fingerprint density at radius 3 is 2.38 bits per heavy atom. The molecule has 0 saturated heterocycles. The summed E-state index contributed by atoms with van der Waals surface area (Å²) in [6.07, 6.45) is 1.29. The van der Waals surface area contributed by atoms with E-state index in [2.05, 4.69) is 5.32 Å². The van der Waals surface area contributed by atoms with Crippen LogP contribution in [0.1, 0.15) is 33.6 Å². The van der Waals surface area contributed by atoms with Gasteiger partial charge in [0.1, 0.15) is 11.6 Å². The molecule has 0 aliphatic heterocycles. The fraction of sp³-hybridized carbons (Fsp3) is 0.727. The number of esters is 1. The summed E-state index contributed by atoms with van der Waals surface area (Å²) >= 11 is 0. The molecule has 0 fully saturated rings. The van der Waals surface area contributed by atoms with Crippen LogP contribution in [-0.4, -0.2) is 36.7 Å². The molecule has 0 bridgehead atoms. The van der Waals surface area contributed by atoms with Crippen LogP contribution in [-0.2, 0) is 14.3 Å². The van der Waals surface area contributed by atoms with E-state index in [1.807, 2.05) is 0 Å².